The second kappa shape index (κ2) is 8.91. The number of carbonyl (C=O) groups excluding carboxylic acids is 1. The van der Waals surface area contributed by atoms with Gasteiger partial charge in [0.2, 0.25) is 5.91 Å². The Hall–Kier alpha value is -1.10. The zero-order chi connectivity index (χ0) is 14.9. The van der Waals surface area contributed by atoms with Crippen LogP contribution in [-0.4, -0.2) is 28.7 Å². The molecule has 112 valence electrons. The molecule has 3 N–H and O–H groups in total. The number of unbranched alkanes of at least 4 members (excludes halogenated alkanes) is 3. The Balaban J connectivity index is 4.62. The van der Waals surface area contributed by atoms with Crippen molar-refractivity contribution < 1.29 is 19.4 Å². The lowest BCUT2D eigenvalue weighted by molar-refractivity contribution is -0.172. The van der Waals surface area contributed by atoms with Crippen LogP contribution >= 0.6 is 0 Å². The van der Waals surface area contributed by atoms with E-state index in [-0.39, 0.29) is 0 Å². The van der Waals surface area contributed by atoms with Crippen molar-refractivity contribution in [1.82, 2.24) is 0 Å². The SMILES string of the molecule is CCCCCCC(OC(CC)(CC)C(N)=O)C(=O)O. The molecule has 0 aliphatic carbocycles. The second-order valence-corrected chi connectivity index (χ2v) is 4.86. The molecule has 0 aromatic heterocycles. The Kier molecular flexibility index (Phi) is 8.39. The fourth-order valence-electron chi connectivity index (χ4n) is 2.08. The largest absolute Gasteiger partial charge is 0.479 e. The van der Waals surface area contributed by atoms with Crippen molar-refractivity contribution in [3.8, 4) is 0 Å². The summed E-state index contributed by atoms with van der Waals surface area (Å²) in [5, 5.41) is 9.19. The number of carboxylic acid groups (broad SMARTS) is 1. The molecule has 0 rings (SSSR count). The first-order chi connectivity index (χ1) is 8.93. The van der Waals surface area contributed by atoms with Crippen LogP contribution < -0.4 is 5.73 Å². The Morgan fingerprint density at radius 2 is 1.74 bits per heavy atom. The Labute approximate surface area is 115 Å². The molecule has 19 heavy (non-hydrogen) atoms. The van der Waals surface area contributed by atoms with E-state index in [1.807, 2.05) is 0 Å². The fraction of sp³-hybridized carbons (Fsp3) is 0.857. The predicted octanol–water partition coefficient (Wildman–Crippen LogP) is 2.47. The molecule has 1 amide bonds. The number of hydrogen-bond acceptors (Lipinski definition) is 3. The van der Waals surface area contributed by atoms with Crippen molar-refractivity contribution in [2.24, 2.45) is 5.73 Å². The van der Waals surface area contributed by atoms with Gasteiger partial charge in [0.25, 0.3) is 0 Å². The molecular weight excluding hydrogens is 246 g/mol. The zero-order valence-electron chi connectivity index (χ0n) is 12.3. The van der Waals surface area contributed by atoms with Crippen molar-refractivity contribution in [2.75, 3.05) is 0 Å². The molecule has 0 saturated heterocycles. The smallest absolute Gasteiger partial charge is 0.332 e. The lowest BCUT2D eigenvalue weighted by atomic mass is 9.95. The van der Waals surface area contributed by atoms with Crippen LogP contribution in [0.15, 0.2) is 0 Å². The van der Waals surface area contributed by atoms with E-state index in [1.54, 1.807) is 13.8 Å². The Bertz CT molecular complexity index is 287. The molecule has 0 radical (unpaired) electrons. The van der Waals surface area contributed by atoms with Crippen LogP contribution in [0.2, 0.25) is 0 Å². The van der Waals surface area contributed by atoms with E-state index in [9.17, 15) is 14.7 Å². The maximum absolute atomic E-state index is 11.5. The topological polar surface area (TPSA) is 89.6 Å². The minimum absolute atomic E-state index is 0.386. The van der Waals surface area contributed by atoms with Crippen LogP contribution in [0.25, 0.3) is 0 Å². The van der Waals surface area contributed by atoms with E-state index in [1.165, 1.54) is 0 Å². The van der Waals surface area contributed by atoms with Gasteiger partial charge in [-0.25, -0.2) is 4.79 Å². The van der Waals surface area contributed by atoms with Crippen molar-refractivity contribution in [3.05, 3.63) is 0 Å². The standard InChI is InChI=1S/C14H27NO4/c1-4-7-8-9-10-11(12(16)17)19-14(5-2,6-3)13(15)18/h11H,4-10H2,1-3H3,(H2,15,18)(H,16,17). The van der Waals surface area contributed by atoms with E-state index in [0.29, 0.717) is 19.3 Å². The summed E-state index contributed by atoms with van der Waals surface area (Å²) in [6.07, 6.45) is 4.17. The summed E-state index contributed by atoms with van der Waals surface area (Å²) in [6.45, 7) is 5.66. The molecule has 0 saturated carbocycles. The molecule has 0 spiro atoms. The number of aliphatic carboxylic acids is 1. The zero-order valence-corrected chi connectivity index (χ0v) is 12.3. The third kappa shape index (κ3) is 5.59. The van der Waals surface area contributed by atoms with Crippen LogP contribution in [0, 0.1) is 0 Å². The number of amides is 1. The highest BCUT2D eigenvalue weighted by Gasteiger charge is 2.38. The molecule has 0 heterocycles. The van der Waals surface area contributed by atoms with Gasteiger partial charge in [-0.15, -0.1) is 0 Å². The number of carbonyl (C=O) groups is 2. The number of nitrogens with two attached hydrogens (primary N) is 1. The van der Waals surface area contributed by atoms with Crippen LogP contribution in [-0.2, 0) is 14.3 Å². The summed E-state index contributed by atoms with van der Waals surface area (Å²) in [5.74, 6) is -1.61. The number of ether oxygens (including phenoxy) is 1. The van der Waals surface area contributed by atoms with E-state index < -0.39 is 23.6 Å². The summed E-state index contributed by atoms with van der Waals surface area (Å²) < 4.78 is 5.57. The highest BCUT2D eigenvalue weighted by atomic mass is 16.5. The van der Waals surface area contributed by atoms with Crippen molar-refractivity contribution in [3.63, 3.8) is 0 Å². The van der Waals surface area contributed by atoms with Gasteiger partial charge in [-0.1, -0.05) is 46.5 Å². The maximum atomic E-state index is 11.5. The Morgan fingerprint density at radius 1 is 1.16 bits per heavy atom. The molecule has 0 fully saturated rings. The average molecular weight is 273 g/mol. The van der Waals surface area contributed by atoms with Gasteiger partial charge < -0.3 is 15.6 Å². The fourth-order valence-corrected chi connectivity index (χ4v) is 2.08. The average Bonchev–Trinajstić information content (AvgIpc) is 2.37. The third-order valence-corrected chi connectivity index (χ3v) is 3.55. The van der Waals surface area contributed by atoms with Crippen molar-refractivity contribution in [2.45, 2.75) is 77.4 Å². The van der Waals surface area contributed by atoms with Crippen LogP contribution in [0.1, 0.15) is 65.7 Å². The van der Waals surface area contributed by atoms with Gasteiger partial charge in [-0.05, 0) is 19.3 Å². The minimum atomic E-state index is -1.16. The maximum Gasteiger partial charge on any atom is 0.332 e. The number of hydrogen-bond donors (Lipinski definition) is 2. The molecule has 0 bridgehead atoms. The lowest BCUT2D eigenvalue weighted by Crippen LogP contribution is -2.49. The van der Waals surface area contributed by atoms with Crippen molar-refractivity contribution >= 4 is 11.9 Å². The number of carboxylic acids is 1. The molecule has 5 nitrogen and oxygen atoms in total. The van der Waals surface area contributed by atoms with Crippen molar-refractivity contribution in [1.29, 1.82) is 0 Å². The van der Waals surface area contributed by atoms with E-state index in [2.05, 4.69) is 6.92 Å². The van der Waals surface area contributed by atoms with Gasteiger partial charge in [-0.2, -0.15) is 0 Å². The molecule has 1 atom stereocenters. The molecule has 0 aromatic rings. The van der Waals surface area contributed by atoms with Crippen LogP contribution in [0.3, 0.4) is 0 Å². The lowest BCUT2D eigenvalue weighted by Gasteiger charge is -2.31. The summed E-state index contributed by atoms with van der Waals surface area (Å²) in [5.41, 5.74) is 4.20. The summed E-state index contributed by atoms with van der Waals surface area (Å²) in [4.78, 5) is 22.7. The monoisotopic (exact) mass is 273 g/mol. The second-order valence-electron chi connectivity index (χ2n) is 4.86. The highest BCUT2D eigenvalue weighted by molar-refractivity contribution is 5.84. The van der Waals surface area contributed by atoms with Gasteiger partial charge in [0.1, 0.15) is 5.60 Å². The van der Waals surface area contributed by atoms with E-state index in [4.69, 9.17) is 10.5 Å². The summed E-state index contributed by atoms with van der Waals surface area (Å²) >= 11 is 0. The van der Waals surface area contributed by atoms with Crippen LogP contribution in [0.5, 0.6) is 0 Å². The van der Waals surface area contributed by atoms with Gasteiger partial charge in [0, 0.05) is 0 Å². The molecule has 0 aromatic carbocycles. The van der Waals surface area contributed by atoms with Crippen LogP contribution in [0.4, 0.5) is 0 Å². The molecule has 5 heteroatoms. The molecule has 0 aliphatic heterocycles. The predicted molar refractivity (Wildman–Crippen MR) is 73.8 cm³/mol. The summed E-state index contributed by atoms with van der Waals surface area (Å²) in [6, 6.07) is 0. The quantitative estimate of drug-likeness (QED) is 0.566. The van der Waals surface area contributed by atoms with Gasteiger partial charge in [-0.3, -0.25) is 4.79 Å². The van der Waals surface area contributed by atoms with Gasteiger partial charge in [0.05, 0.1) is 0 Å². The van der Waals surface area contributed by atoms with E-state index in [0.717, 1.165) is 25.7 Å². The minimum Gasteiger partial charge on any atom is -0.479 e. The first-order valence-corrected chi connectivity index (χ1v) is 7.14. The van der Waals surface area contributed by atoms with Gasteiger partial charge >= 0.3 is 5.97 Å². The first kappa shape index (κ1) is 17.9. The van der Waals surface area contributed by atoms with E-state index >= 15 is 0 Å². The number of primary amides is 1. The molecule has 1 unspecified atom stereocenters. The molecule has 0 aliphatic rings. The highest BCUT2D eigenvalue weighted by Crippen LogP contribution is 2.24. The Morgan fingerprint density at radius 3 is 2.11 bits per heavy atom. The third-order valence-electron chi connectivity index (χ3n) is 3.55. The number of rotatable bonds is 11. The first-order valence-electron chi connectivity index (χ1n) is 7.14. The normalized spacial score (nSPS) is 13.2. The summed E-state index contributed by atoms with van der Waals surface area (Å²) in [7, 11) is 0. The van der Waals surface area contributed by atoms with Gasteiger partial charge in [0.15, 0.2) is 6.10 Å². The molecular formula is C14H27NO4.